The van der Waals surface area contributed by atoms with E-state index in [0.29, 0.717) is 0 Å². The van der Waals surface area contributed by atoms with Crippen molar-refractivity contribution >= 4 is 0 Å². The molecule has 0 fully saturated rings. The Hall–Kier alpha value is -0.840. The summed E-state index contributed by atoms with van der Waals surface area (Å²) in [7, 11) is 0. The summed E-state index contributed by atoms with van der Waals surface area (Å²) in [6.07, 6.45) is 0. The molecule has 0 saturated carbocycles. The van der Waals surface area contributed by atoms with Crippen molar-refractivity contribution in [3.8, 4) is 0 Å². The van der Waals surface area contributed by atoms with Gasteiger partial charge < -0.3 is 11.4 Å². The van der Waals surface area contributed by atoms with Crippen molar-refractivity contribution in [1.29, 1.82) is 0 Å². The van der Waals surface area contributed by atoms with Crippen LogP contribution in [-0.2, 0) is 0 Å². The summed E-state index contributed by atoms with van der Waals surface area (Å²) in [6, 6.07) is 0. The molecule has 0 heterocycles. The largest absolute Gasteiger partial charge is 0.344 e. The molecule has 0 amide bonds. The smallest absolute Gasteiger partial charge is 0.291 e. The third-order valence-electron chi connectivity index (χ3n) is 0. The highest BCUT2D eigenvalue weighted by Crippen LogP contribution is 1.38. The molecule has 0 saturated heterocycles. The SMILES string of the molecule is N.O=[N+]([O-])O.[C]. The van der Waals surface area contributed by atoms with E-state index in [0.717, 1.165) is 0 Å². The summed E-state index contributed by atoms with van der Waals surface area (Å²) in [4.78, 5) is 8.36. The first-order valence-electron chi connectivity index (χ1n) is 0.565. The van der Waals surface area contributed by atoms with E-state index >= 15 is 0 Å². The first-order chi connectivity index (χ1) is 1.73. The quantitative estimate of drug-likeness (QED) is 0.322. The van der Waals surface area contributed by atoms with Crippen LogP contribution in [0.15, 0.2) is 0 Å². The zero-order chi connectivity index (χ0) is 3.58. The maximum atomic E-state index is 8.36. The van der Waals surface area contributed by atoms with Crippen molar-refractivity contribution < 1.29 is 10.3 Å². The summed E-state index contributed by atoms with van der Waals surface area (Å²) >= 11 is 0. The molecule has 5 heteroatoms. The first-order valence-corrected chi connectivity index (χ1v) is 0.565. The highest BCUT2D eigenvalue weighted by Gasteiger charge is 1.65. The van der Waals surface area contributed by atoms with E-state index in [2.05, 4.69) is 0 Å². The molecule has 36 valence electrons. The van der Waals surface area contributed by atoms with Crippen molar-refractivity contribution in [2.24, 2.45) is 0 Å². The summed E-state index contributed by atoms with van der Waals surface area (Å²) in [5.41, 5.74) is 0. The van der Waals surface area contributed by atoms with E-state index in [4.69, 9.17) is 15.3 Å². The van der Waals surface area contributed by atoms with Crippen LogP contribution in [0.4, 0.5) is 0 Å². The minimum atomic E-state index is -1.50. The molecule has 5 nitrogen and oxygen atoms in total. The minimum Gasteiger partial charge on any atom is -0.344 e. The van der Waals surface area contributed by atoms with Crippen molar-refractivity contribution in [1.82, 2.24) is 6.15 Å². The third-order valence-corrected chi connectivity index (χ3v) is 0. The molecule has 0 rings (SSSR count). The van der Waals surface area contributed by atoms with Gasteiger partial charge in [0.1, 0.15) is 0 Å². The van der Waals surface area contributed by atoms with Gasteiger partial charge in [0.25, 0.3) is 5.09 Å². The normalized spacial score (nSPS) is 4.00. The van der Waals surface area contributed by atoms with Gasteiger partial charge in [0, 0.05) is 7.43 Å². The van der Waals surface area contributed by atoms with Gasteiger partial charge >= 0.3 is 0 Å². The van der Waals surface area contributed by atoms with Gasteiger partial charge in [-0.3, -0.25) is 0 Å². The second-order valence-corrected chi connectivity index (χ2v) is 0.238. The molecule has 0 bridgehead atoms. The van der Waals surface area contributed by atoms with Crippen LogP contribution in [0, 0.1) is 17.5 Å². The van der Waals surface area contributed by atoms with Crippen LogP contribution in [-0.4, -0.2) is 10.3 Å². The van der Waals surface area contributed by atoms with Crippen molar-refractivity contribution in [2.45, 2.75) is 0 Å². The lowest BCUT2D eigenvalue weighted by Crippen LogP contribution is -1.81. The molecule has 0 aromatic carbocycles. The molecule has 0 aromatic heterocycles. The molecule has 6 heavy (non-hydrogen) atoms. The predicted octanol–water partition coefficient (Wildman–Crippen LogP) is -0.104. The fourth-order valence-corrected chi connectivity index (χ4v) is 0. The molecular weight excluding hydrogens is 88.0 g/mol. The van der Waals surface area contributed by atoms with Gasteiger partial charge in [0.2, 0.25) is 0 Å². The predicted molar refractivity (Wildman–Crippen MR) is 17.0 cm³/mol. The zero-order valence-electron chi connectivity index (χ0n) is 2.92. The molecule has 0 aromatic rings. The van der Waals surface area contributed by atoms with Gasteiger partial charge in [-0.1, -0.05) is 0 Å². The topological polar surface area (TPSA) is 98.4 Å². The summed E-state index contributed by atoms with van der Waals surface area (Å²) in [5, 5.41) is 13.6. The van der Waals surface area contributed by atoms with Gasteiger partial charge in [-0.15, -0.1) is 10.1 Å². The molecule has 0 spiro atoms. The van der Waals surface area contributed by atoms with Crippen molar-refractivity contribution in [3.05, 3.63) is 17.5 Å². The van der Waals surface area contributed by atoms with Gasteiger partial charge in [0.15, 0.2) is 0 Å². The van der Waals surface area contributed by atoms with Crippen LogP contribution in [0.2, 0.25) is 0 Å². The second-order valence-electron chi connectivity index (χ2n) is 0.238. The molecule has 0 aliphatic heterocycles. The van der Waals surface area contributed by atoms with Gasteiger partial charge in [0.05, 0.1) is 0 Å². The summed E-state index contributed by atoms with van der Waals surface area (Å²) in [6.45, 7) is 0. The Morgan fingerprint density at radius 1 is 1.67 bits per heavy atom. The van der Waals surface area contributed by atoms with E-state index in [9.17, 15) is 0 Å². The zero-order valence-corrected chi connectivity index (χ0v) is 2.92. The number of hydrogen-bond acceptors (Lipinski definition) is 3. The fourth-order valence-electron chi connectivity index (χ4n) is 0. The Balaban J connectivity index is -0.0000000450. The molecule has 4 N–H and O–H groups in total. The van der Waals surface area contributed by atoms with E-state index in [1.165, 1.54) is 0 Å². The third kappa shape index (κ3) is 20.9. The second kappa shape index (κ2) is 8.90. The van der Waals surface area contributed by atoms with Crippen LogP contribution in [0.1, 0.15) is 0 Å². The molecule has 0 aliphatic rings. The Kier molecular flexibility index (Phi) is 28.4. The Labute approximate surface area is 35.3 Å². The highest BCUT2D eigenvalue weighted by molar-refractivity contribution is 3.83. The van der Waals surface area contributed by atoms with Crippen LogP contribution in [0.3, 0.4) is 0 Å². The Morgan fingerprint density at radius 2 is 1.67 bits per heavy atom. The summed E-state index contributed by atoms with van der Waals surface area (Å²) < 4.78 is 0. The molecule has 0 aliphatic carbocycles. The van der Waals surface area contributed by atoms with Crippen molar-refractivity contribution in [3.63, 3.8) is 0 Å². The van der Waals surface area contributed by atoms with Crippen LogP contribution in [0.5, 0.6) is 0 Å². The lowest BCUT2D eigenvalue weighted by molar-refractivity contribution is -0.742. The maximum Gasteiger partial charge on any atom is 0.291 e. The molecule has 4 radical (unpaired) electrons. The van der Waals surface area contributed by atoms with Crippen LogP contribution >= 0.6 is 0 Å². The molecular formula is CH4N2O3. The number of rotatable bonds is 0. The van der Waals surface area contributed by atoms with Crippen LogP contribution in [0.25, 0.3) is 0 Å². The van der Waals surface area contributed by atoms with Gasteiger partial charge in [-0.25, -0.2) is 0 Å². The lowest BCUT2D eigenvalue weighted by Gasteiger charge is -1.56. The Morgan fingerprint density at radius 3 is 1.67 bits per heavy atom. The minimum absolute atomic E-state index is 0. The first kappa shape index (κ1) is 19.1. The van der Waals surface area contributed by atoms with E-state index in [1.54, 1.807) is 0 Å². The average Bonchev–Trinajstić information content (AvgIpc) is 0.811. The van der Waals surface area contributed by atoms with Crippen molar-refractivity contribution in [2.75, 3.05) is 0 Å². The lowest BCUT2D eigenvalue weighted by atomic mass is 12.0. The summed E-state index contributed by atoms with van der Waals surface area (Å²) in [5.74, 6) is 0. The molecule has 0 unspecified atom stereocenters. The number of hydrogen-bond donors (Lipinski definition) is 2. The Bertz CT molecular complexity index is 31.8. The average molecular weight is 92.1 g/mol. The highest BCUT2D eigenvalue weighted by atomic mass is 16.9. The van der Waals surface area contributed by atoms with Gasteiger partial charge in [-0.05, 0) is 0 Å². The fraction of sp³-hybridized carbons (Fsp3) is 0. The van der Waals surface area contributed by atoms with E-state index in [-0.39, 0.29) is 13.6 Å². The monoisotopic (exact) mass is 92.0 g/mol. The van der Waals surface area contributed by atoms with Crippen LogP contribution < -0.4 is 6.15 Å². The van der Waals surface area contributed by atoms with E-state index in [1.807, 2.05) is 0 Å². The maximum absolute atomic E-state index is 8.36. The van der Waals surface area contributed by atoms with E-state index < -0.39 is 5.09 Å². The molecule has 0 atom stereocenters. The standard InChI is InChI=1S/C.HNO3.H3N/c;2-1(3)4;/h;(H,2,3,4);1H3. The number of nitrogens with zero attached hydrogens (tertiary/aromatic N) is 1. The van der Waals surface area contributed by atoms with Gasteiger partial charge in [-0.2, -0.15) is 0 Å².